The van der Waals surface area contributed by atoms with Gasteiger partial charge in [-0.3, -0.25) is 9.69 Å². The van der Waals surface area contributed by atoms with Crippen molar-refractivity contribution < 1.29 is 19.1 Å². The van der Waals surface area contributed by atoms with Gasteiger partial charge in [0.15, 0.2) is 0 Å². The standard InChI is InChI=1S/C23H22N2O4/c1-25(23(27)28-2)20-14-12-19(13-15-20)24-22(26)18-10-8-17(9-11-18)16-29-21-6-4-3-5-7-21/h3-15H,16H2,1-2H3,(H,24,26). The van der Waals surface area contributed by atoms with E-state index in [0.29, 0.717) is 23.5 Å². The first-order valence-corrected chi connectivity index (χ1v) is 9.06. The summed E-state index contributed by atoms with van der Waals surface area (Å²) in [6, 6.07) is 23.8. The van der Waals surface area contributed by atoms with Crippen LogP contribution in [-0.4, -0.2) is 26.2 Å². The van der Waals surface area contributed by atoms with Gasteiger partial charge in [0.1, 0.15) is 12.4 Å². The summed E-state index contributed by atoms with van der Waals surface area (Å²) in [5, 5.41) is 2.84. The Labute approximate surface area is 169 Å². The molecule has 0 saturated carbocycles. The van der Waals surface area contributed by atoms with Crippen molar-refractivity contribution >= 4 is 23.4 Å². The molecule has 0 atom stereocenters. The summed E-state index contributed by atoms with van der Waals surface area (Å²) < 4.78 is 10.4. The first-order valence-electron chi connectivity index (χ1n) is 9.06. The molecule has 0 fully saturated rings. The maximum absolute atomic E-state index is 12.5. The lowest BCUT2D eigenvalue weighted by Crippen LogP contribution is -2.25. The molecule has 1 N–H and O–H groups in total. The van der Waals surface area contributed by atoms with Gasteiger partial charge in [-0.15, -0.1) is 0 Å². The summed E-state index contributed by atoms with van der Waals surface area (Å²) in [5.74, 6) is 0.588. The van der Waals surface area contributed by atoms with Gasteiger partial charge in [-0.25, -0.2) is 4.79 Å². The van der Waals surface area contributed by atoms with Crippen molar-refractivity contribution in [2.45, 2.75) is 6.61 Å². The molecule has 0 aromatic heterocycles. The van der Waals surface area contributed by atoms with Gasteiger partial charge in [0.25, 0.3) is 5.91 Å². The monoisotopic (exact) mass is 390 g/mol. The Bertz CT molecular complexity index is 954. The van der Waals surface area contributed by atoms with E-state index in [2.05, 4.69) is 10.1 Å². The van der Waals surface area contributed by atoms with Gasteiger partial charge in [-0.2, -0.15) is 0 Å². The summed E-state index contributed by atoms with van der Waals surface area (Å²) in [6.45, 7) is 0.432. The summed E-state index contributed by atoms with van der Waals surface area (Å²) in [4.78, 5) is 25.4. The van der Waals surface area contributed by atoms with Gasteiger partial charge in [0.2, 0.25) is 0 Å². The van der Waals surface area contributed by atoms with Crippen LogP contribution in [0, 0.1) is 0 Å². The van der Waals surface area contributed by atoms with Gasteiger partial charge < -0.3 is 14.8 Å². The van der Waals surface area contributed by atoms with Gasteiger partial charge in [0, 0.05) is 24.0 Å². The van der Waals surface area contributed by atoms with Crippen LogP contribution < -0.4 is 15.0 Å². The first-order chi connectivity index (χ1) is 14.1. The van der Waals surface area contributed by atoms with E-state index in [1.54, 1.807) is 43.4 Å². The molecule has 2 amide bonds. The van der Waals surface area contributed by atoms with Crippen LogP contribution in [0.1, 0.15) is 15.9 Å². The van der Waals surface area contributed by atoms with Crippen LogP contribution in [-0.2, 0) is 11.3 Å². The Kier molecular flexibility index (Phi) is 6.47. The molecule has 0 aliphatic heterocycles. The minimum atomic E-state index is -0.460. The van der Waals surface area contributed by atoms with E-state index in [-0.39, 0.29) is 5.91 Å². The largest absolute Gasteiger partial charge is 0.489 e. The maximum atomic E-state index is 12.5. The second-order valence-corrected chi connectivity index (χ2v) is 6.33. The van der Waals surface area contributed by atoms with Gasteiger partial charge >= 0.3 is 6.09 Å². The number of carbonyl (C=O) groups excluding carboxylic acids is 2. The van der Waals surface area contributed by atoms with Gasteiger partial charge in [0.05, 0.1) is 7.11 Å². The van der Waals surface area contributed by atoms with Crippen LogP contribution in [0.25, 0.3) is 0 Å². The second-order valence-electron chi connectivity index (χ2n) is 6.33. The van der Waals surface area contributed by atoms with E-state index >= 15 is 0 Å². The average molecular weight is 390 g/mol. The zero-order chi connectivity index (χ0) is 20.6. The molecule has 0 radical (unpaired) electrons. The van der Waals surface area contributed by atoms with Crippen molar-refractivity contribution in [1.82, 2.24) is 0 Å². The highest BCUT2D eigenvalue weighted by molar-refractivity contribution is 6.04. The molecule has 29 heavy (non-hydrogen) atoms. The number of rotatable bonds is 6. The molecular formula is C23H22N2O4. The predicted molar refractivity (Wildman–Crippen MR) is 112 cm³/mol. The Morgan fingerprint density at radius 2 is 1.55 bits per heavy atom. The van der Waals surface area contributed by atoms with Crippen molar-refractivity contribution in [2.75, 3.05) is 24.4 Å². The quantitative estimate of drug-likeness (QED) is 0.661. The van der Waals surface area contributed by atoms with Crippen molar-refractivity contribution in [3.8, 4) is 5.75 Å². The molecule has 3 aromatic carbocycles. The fourth-order valence-corrected chi connectivity index (χ4v) is 2.65. The second kappa shape index (κ2) is 9.41. The number of ether oxygens (including phenoxy) is 2. The minimum absolute atomic E-state index is 0.213. The Morgan fingerprint density at radius 3 is 2.17 bits per heavy atom. The van der Waals surface area contributed by atoms with Crippen molar-refractivity contribution in [3.05, 3.63) is 90.0 Å². The summed E-state index contributed by atoms with van der Waals surface area (Å²) in [5.41, 5.74) is 2.82. The van der Waals surface area contributed by atoms with Crippen molar-refractivity contribution in [2.24, 2.45) is 0 Å². The highest BCUT2D eigenvalue weighted by atomic mass is 16.5. The number of nitrogens with zero attached hydrogens (tertiary/aromatic N) is 1. The molecule has 0 bridgehead atoms. The van der Waals surface area contributed by atoms with Crippen LogP contribution >= 0.6 is 0 Å². The lowest BCUT2D eigenvalue weighted by atomic mass is 10.1. The lowest BCUT2D eigenvalue weighted by molar-refractivity contribution is 0.102. The molecule has 0 aliphatic carbocycles. The number of benzene rings is 3. The van der Waals surface area contributed by atoms with E-state index < -0.39 is 6.09 Å². The molecule has 0 unspecified atom stereocenters. The maximum Gasteiger partial charge on any atom is 0.413 e. The van der Waals surface area contributed by atoms with Crippen LogP contribution in [0.3, 0.4) is 0 Å². The number of para-hydroxylation sites is 1. The van der Waals surface area contributed by atoms with Crippen molar-refractivity contribution in [1.29, 1.82) is 0 Å². The zero-order valence-electron chi connectivity index (χ0n) is 16.3. The minimum Gasteiger partial charge on any atom is -0.489 e. The normalized spacial score (nSPS) is 10.1. The Hall–Kier alpha value is -3.80. The number of carbonyl (C=O) groups is 2. The van der Waals surface area contributed by atoms with E-state index in [1.807, 2.05) is 42.5 Å². The number of anilines is 2. The number of nitrogens with one attached hydrogen (secondary N) is 1. The van der Waals surface area contributed by atoms with E-state index in [1.165, 1.54) is 12.0 Å². The molecule has 3 aromatic rings. The molecule has 6 heteroatoms. The molecule has 3 rings (SSSR count). The Morgan fingerprint density at radius 1 is 0.897 bits per heavy atom. The predicted octanol–water partition coefficient (Wildman–Crippen LogP) is 4.72. The number of hydrogen-bond acceptors (Lipinski definition) is 4. The smallest absolute Gasteiger partial charge is 0.413 e. The first kappa shape index (κ1) is 19.9. The topological polar surface area (TPSA) is 67.9 Å². The highest BCUT2D eigenvalue weighted by Gasteiger charge is 2.11. The van der Waals surface area contributed by atoms with E-state index in [9.17, 15) is 9.59 Å². The molecule has 0 saturated heterocycles. The number of amides is 2. The number of methoxy groups -OCH3 is 1. The van der Waals surface area contributed by atoms with Gasteiger partial charge in [-0.05, 0) is 54.1 Å². The van der Waals surface area contributed by atoms with Crippen molar-refractivity contribution in [3.63, 3.8) is 0 Å². The van der Waals surface area contributed by atoms with Gasteiger partial charge in [-0.1, -0.05) is 30.3 Å². The fraction of sp³-hybridized carbons (Fsp3) is 0.130. The highest BCUT2D eigenvalue weighted by Crippen LogP contribution is 2.18. The fourth-order valence-electron chi connectivity index (χ4n) is 2.65. The summed E-state index contributed by atoms with van der Waals surface area (Å²) in [7, 11) is 2.94. The molecule has 0 aliphatic rings. The van der Waals surface area contributed by atoms with E-state index in [4.69, 9.17) is 4.74 Å². The van der Waals surface area contributed by atoms with Crippen LogP contribution in [0.2, 0.25) is 0 Å². The lowest BCUT2D eigenvalue weighted by Gasteiger charge is -2.16. The van der Waals surface area contributed by atoms with Crippen LogP contribution in [0.4, 0.5) is 16.2 Å². The third-order valence-corrected chi connectivity index (χ3v) is 4.33. The number of hydrogen-bond donors (Lipinski definition) is 1. The Balaban J connectivity index is 1.57. The summed E-state index contributed by atoms with van der Waals surface area (Å²) in [6.07, 6.45) is -0.460. The molecule has 0 spiro atoms. The van der Waals surface area contributed by atoms with Crippen LogP contribution in [0.5, 0.6) is 5.75 Å². The summed E-state index contributed by atoms with van der Waals surface area (Å²) >= 11 is 0. The third-order valence-electron chi connectivity index (χ3n) is 4.33. The van der Waals surface area contributed by atoms with Crippen LogP contribution in [0.15, 0.2) is 78.9 Å². The molecular weight excluding hydrogens is 368 g/mol. The third kappa shape index (κ3) is 5.35. The molecule has 0 heterocycles. The SMILES string of the molecule is COC(=O)N(C)c1ccc(NC(=O)c2ccc(COc3ccccc3)cc2)cc1. The molecule has 148 valence electrons. The molecule has 6 nitrogen and oxygen atoms in total. The average Bonchev–Trinajstić information content (AvgIpc) is 2.78. The van der Waals surface area contributed by atoms with E-state index in [0.717, 1.165) is 11.3 Å². The zero-order valence-corrected chi connectivity index (χ0v) is 16.3.